The normalized spacial score (nSPS) is 32.2. The lowest BCUT2D eigenvalue weighted by Crippen LogP contribution is -2.52. The molecule has 0 saturated carbocycles. The number of nitrogens with zero attached hydrogens (tertiary/aromatic N) is 2. The third kappa shape index (κ3) is 1.86. The summed E-state index contributed by atoms with van der Waals surface area (Å²) in [5, 5.41) is 7.92. The first-order valence-corrected chi connectivity index (χ1v) is 4.73. The molecule has 2 aliphatic heterocycles. The molecule has 1 atom stereocenters. The van der Waals surface area contributed by atoms with Crippen LogP contribution in [0, 0.1) is 0 Å². The van der Waals surface area contributed by atoms with Crippen molar-refractivity contribution in [2.75, 3.05) is 32.7 Å². The van der Waals surface area contributed by atoms with E-state index in [0.29, 0.717) is 6.17 Å². The van der Waals surface area contributed by atoms with E-state index in [1.807, 2.05) is 0 Å². The summed E-state index contributed by atoms with van der Waals surface area (Å²) in [6.07, 6.45) is 5.98. The number of rotatable bonds is 1. The summed E-state index contributed by atoms with van der Waals surface area (Å²) in [4.78, 5) is 2.47. The largest absolute Gasteiger partial charge is 0.314 e. The van der Waals surface area contributed by atoms with Gasteiger partial charge in [0.25, 0.3) is 0 Å². The molecule has 0 spiro atoms. The van der Waals surface area contributed by atoms with Gasteiger partial charge in [0.1, 0.15) is 0 Å². The monoisotopic (exact) mass is 166 g/mol. The Bertz CT molecular complexity index is 161. The number of hydrogen-bond acceptors (Lipinski definition) is 2. The van der Waals surface area contributed by atoms with Crippen LogP contribution < -0.4 is 10.6 Å². The Kier molecular flexibility index (Phi) is 2.76. The molecule has 1 N–H and O–H groups in total. The van der Waals surface area contributed by atoms with Crippen molar-refractivity contribution in [3.05, 3.63) is 12.2 Å². The fourth-order valence-corrected chi connectivity index (χ4v) is 1.79. The maximum Gasteiger partial charge on any atom is 0.0800 e. The van der Waals surface area contributed by atoms with E-state index >= 15 is 0 Å². The zero-order chi connectivity index (χ0) is 8.23. The molecule has 1 radical (unpaired) electrons. The van der Waals surface area contributed by atoms with Crippen LogP contribution in [0.2, 0.25) is 0 Å². The molecule has 1 fully saturated rings. The highest BCUT2D eigenvalue weighted by Crippen LogP contribution is 2.07. The maximum atomic E-state index is 4.56. The Morgan fingerprint density at radius 3 is 2.75 bits per heavy atom. The molecule has 1 saturated heterocycles. The predicted molar refractivity (Wildman–Crippen MR) is 49.0 cm³/mol. The van der Waals surface area contributed by atoms with Crippen molar-refractivity contribution in [3.8, 4) is 0 Å². The molecular weight excluding hydrogens is 150 g/mol. The van der Waals surface area contributed by atoms with Gasteiger partial charge in [-0.3, -0.25) is 4.90 Å². The van der Waals surface area contributed by atoms with Crippen LogP contribution in [-0.2, 0) is 0 Å². The van der Waals surface area contributed by atoms with E-state index in [2.05, 4.69) is 27.7 Å². The van der Waals surface area contributed by atoms with Crippen molar-refractivity contribution in [2.24, 2.45) is 0 Å². The van der Waals surface area contributed by atoms with Gasteiger partial charge in [0.05, 0.1) is 6.17 Å². The Morgan fingerprint density at radius 1 is 1.25 bits per heavy atom. The molecule has 0 aromatic carbocycles. The summed E-state index contributed by atoms with van der Waals surface area (Å²) in [5.41, 5.74) is 0. The van der Waals surface area contributed by atoms with Crippen molar-refractivity contribution in [1.29, 1.82) is 0 Å². The fourth-order valence-electron chi connectivity index (χ4n) is 1.79. The molecular formula is C9H16N3. The molecule has 0 amide bonds. The van der Waals surface area contributed by atoms with Crippen molar-refractivity contribution >= 4 is 0 Å². The molecule has 2 aliphatic rings. The van der Waals surface area contributed by atoms with Gasteiger partial charge in [-0.05, 0) is 6.42 Å². The van der Waals surface area contributed by atoms with Crippen LogP contribution in [-0.4, -0.2) is 43.8 Å². The van der Waals surface area contributed by atoms with Crippen LogP contribution >= 0.6 is 0 Å². The second kappa shape index (κ2) is 4.03. The zero-order valence-corrected chi connectivity index (χ0v) is 7.37. The van der Waals surface area contributed by atoms with Gasteiger partial charge in [-0.1, -0.05) is 12.2 Å². The van der Waals surface area contributed by atoms with E-state index in [9.17, 15) is 0 Å². The van der Waals surface area contributed by atoms with Gasteiger partial charge in [0.2, 0.25) is 0 Å². The summed E-state index contributed by atoms with van der Waals surface area (Å²) < 4.78 is 0. The van der Waals surface area contributed by atoms with E-state index in [1.165, 1.54) is 0 Å². The van der Waals surface area contributed by atoms with Gasteiger partial charge < -0.3 is 5.32 Å². The van der Waals surface area contributed by atoms with Gasteiger partial charge in [0.15, 0.2) is 0 Å². The summed E-state index contributed by atoms with van der Waals surface area (Å²) >= 11 is 0. The third-order valence-corrected chi connectivity index (χ3v) is 2.51. The minimum absolute atomic E-state index is 0.470. The van der Waals surface area contributed by atoms with Crippen LogP contribution in [0.25, 0.3) is 0 Å². The predicted octanol–water partition coefficient (Wildman–Crippen LogP) is -0.218. The summed E-state index contributed by atoms with van der Waals surface area (Å²) in [7, 11) is 0. The molecule has 12 heavy (non-hydrogen) atoms. The summed E-state index contributed by atoms with van der Waals surface area (Å²) in [6, 6.07) is 0. The average Bonchev–Trinajstić information content (AvgIpc) is 2.21. The van der Waals surface area contributed by atoms with E-state index < -0.39 is 0 Å². The Labute approximate surface area is 73.8 Å². The van der Waals surface area contributed by atoms with Gasteiger partial charge in [-0.15, -0.1) is 0 Å². The van der Waals surface area contributed by atoms with Crippen LogP contribution in [0.4, 0.5) is 0 Å². The first-order chi connectivity index (χ1) is 5.97. The second-order valence-electron chi connectivity index (χ2n) is 3.34. The topological polar surface area (TPSA) is 29.4 Å². The minimum Gasteiger partial charge on any atom is -0.314 e. The highest BCUT2D eigenvalue weighted by Gasteiger charge is 2.20. The SMILES string of the molecule is C1=CCC(N2CCNCC2)[N]C1. The van der Waals surface area contributed by atoms with Crippen molar-refractivity contribution in [2.45, 2.75) is 12.6 Å². The van der Waals surface area contributed by atoms with E-state index in [0.717, 1.165) is 39.1 Å². The Hall–Kier alpha value is -0.380. The van der Waals surface area contributed by atoms with Crippen molar-refractivity contribution < 1.29 is 0 Å². The number of hydrogen-bond donors (Lipinski definition) is 1. The molecule has 0 aromatic rings. The highest BCUT2D eigenvalue weighted by atomic mass is 15.3. The summed E-state index contributed by atoms with van der Waals surface area (Å²) in [5.74, 6) is 0. The molecule has 3 nitrogen and oxygen atoms in total. The molecule has 2 heterocycles. The lowest BCUT2D eigenvalue weighted by molar-refractivity contribution is 0.144. The Morgan fingerprint density at radius 2 is 2.08 bits per heavy atom. The zero-order valence-electron chi connectivity index (χ0n) is 7.37. The summed E-state index contributed by atoms with van der Waals surface area (Å²) in [6.45, 7) is 5.46. The number of piperazine rings is 1. The molecule has 0 bridgehead atoms. The quantitative estimate of drug-likeness (QED) is 0.546. The lowest BCUT2D eigenvalue weighted by Gasteiger charge is -2.34. The smallest absolute Gasteiger partial charge is 0.0800 e. The van der Waals surface area contributed by atoms with E-state index in [-0.39, 0.29) is 0 Å². The average molecular weight is 166 g/mol. The van der Waals surface area contributed by atoms with Gasteiger partial charge in [0, 0.05) is 32.7 Å². The van der Waals surface area contributed by atoms with Crippen LogP contribution in [0.1, 0.15) is 6.42 Å². The van der Waals surface area contributed by atoms with Gasteiger partial charge in [-0.2, -0.15) is 0 Å². The standard InChI is InChI=1S/C9H16N3/c1-2-4-11-9(3-1)12-7-5-10-6-8-12/h1-2,9-10H,3-8H2. The maximum absolute atomic E-state index is 4.56. The minimum atomic E-state index is 0.470. The first kappa shape index (κ1) is 8.23. The third-order valence-electron chi connectivity index (χ3n) is 2.51. The molecule has 1 unspecified atom stereocenters. The fraction of sp³-hybridized carbons (Fsp3) is 0.778. The molecule has 3 heteroatoms. The highest BCUT2D eigenvalue weighted by molar-refractivity contribution is 4.94. The van der Waals surface area contributed by atoms with Crippen molar-refractivity contribution in [1.82, 2.24) is 15.5 Å². The van der Waals surface area contributed by atoms with Crippen LogP contribution in [0.15, 0.2) is 12.2 Å². The van der Waals surface area contributed by atoms with Crippen molar-refractivity contribution in [3.63, 3.8) is 0 Å². The van der Waals surface area contributed by atoms with Gasteiger partial charge >= 0.3 is 0 Å². The molecule has 2 rings (SSSR count). The molecule has 0 aliphatic carbocycles. The van der Waals surface area contributed by atoms with E-state index in [1.54, 1.807) is 0 Å². The first-order valence-electron chi connectivity index (χ1n) is 4.73. The lowest BCUT2D eigenvalue weighted by atomic mass is 10.2. The second-order valence-corrected chi connectivity index (χ2v) is 3.34. The van der Waals surface area contributed by atoms with Crippen LogP contribution in [0.3, 0.4) is 0 Å². The van der Waals surface area contributed by atoms with Gasteiger partial charge in [-0.25, -0.2) is 5.32 Å². The van der Waals surface area contributed by atoms with Crippen LogP contribution in [0.5, 0.6) is 0 Å². The Balaban J connectivity index is 1.85. The molecule has 0 aromatic heterocycles. The molecule has 67 valence electrons. The van der Waals surface area contributed by atoms with E-state index in [4.69, 9.17) is 0 Å². The number of nitrogens with one attached hydrogen (secondary N) is 1.